The van der Waals surface area contributed by atoms with E-state index in [2.05, 4.69) is 0 Å². The van der Waals surface area contributed by atoms with E-state index in [0.717, 1.165) is 11.1 Å². The zero-order valence-corrected chi connectivity index (χ0v) is 27.4. The topological polar surface area (TPSA) is 169 Å². The third-order valence-corrected chi connectivity index (χ3v) is 9.98. The van der Waals surface area contributed by atoms with Gasteiger partial charge < -0.3 is 19.3 Å². The Morgan fingerprint density at radius 3 is 1.54 bits per heavy atom. The minimum atomic E-state index is -4.64. The number of carbonyl (C=O) groups is 2. The summed E-state index contributed by atoms with van der Waals surface area (Å²) in [5, 5.41) is 11.1. The molecule has 1 aliphatic rings. The van der Waals surface area contributed by atoms with Crippen molar-refractivity contribution in [2.24, 2.45) is 0 Å². The van der Waals surface area contributed by atoms with Crippen LogP contribution in [0.5, 0.6) is 0 Å². The summed E-state index contributed by atoms with van der Waals surface area (Å²) in [4.78, 5) is 26.2. The fourth-order valence-electron chi connectivity index (χ4n) is 4.78. The van der Waals surface area contributed by atoms with Crippen molar-refractivity contribution < 1.29 is 54.1 Å². The molecular formula is C34H32O12S2. The Labute approximate surface area is 278 Å². The van der Waals surface area contributed by atoms with Gasteiger partial charge in [0.2, 0.25) is 0 Å². The average Bonchev–Trinajstić information content (AvgIpc) is 3.07. The highest BCUT2D eigenvalue weighted by Gasteiger charge is 2.53. The molecule has 5 atom stereocenters. The van der Waals surface area contributed by atoms with Crippen LogP contribution in [0, 0.1) is 13.8 Å². The molecule has 4 aromatic rings. The Bertz CT molecular complexity index is 1930. The number of hydrogen-bond donors (Lipinski definition) is 1. The first-order chi connectivity index (χ1) is 22.8. The summed E-state index contributed by atoms with van der Waals surface area (Å²) < 4.78 is 80.7. The second-order valence-electron chi connectivity index (χ2n) is 10.9. The molecule has 1 N–H and O–H groups in total. The Hall–Kier alpha value is -4.44. The lowest BCUT2D eigenvalue weighted by atomic mass is 9.98. The molecule has 0 spiro atoms. The van der Waals surface area contributed by atoms with Crippen LogP contribution in [0.15, 0.2) is 119 Å². The van der Waals surface area contributed by atoms with Gasteiger partial charge in [0.15, 0.2) is 24.6 Å². The number of hydrogen-bond acceptors (Lipinski definition) is 12. The molecule has 4 aromatic carbocycles. The van der Waals surface area contributed by atoms with Gasteiger partial charge >= 0.3 is 11.9 Å². The lowest BCUT2D eigenvalue weighted by molar-refractivity contribution is -0.277. The van der Waals surface area contributed by atoms with Gasteiger partial charge in [0.25, 0.3) is 20.2 Å². The molecule has 252 valence electrons. The van der Waals surface area contributed by atoms with E-state index >= 15 is 0 Å². The van der Waals surface area contributed by atoms with Gasteiger partial charge in [-0.2, -0.15) is 16.8 Å². The summed E-state index contributed by atoms with van der Waals surface area (Å²) in [6.45, 7) is 2.69. The standard InChI is InChI=1S/C34H32O12S2/c1-22-13-17-26(18-14-22)47(38,39)42-21-28-29(44-32(35)24-9-5-3-6-10-24)30(45-33(36)25-11-7-4-8-12-25)31(34(37)43-28)46-48(40,41)27-19-15-23(2)16-20-27/h3-20,28-31,34,37H,21H2,1-2H3/t28-,29-,30+,31+,34-/m1/s1. The maximum absolute atomic E-state index is 13.4. The van der Waals surface area contributed by atoms with Crippen LogP contribution in [0.1, 0.15) is 31.8 Å². The Balaban J connectivity index is 1.53. The van der Waals surface area contributed by atoms with Gasteiger partial charge in [0.05, 0.1) is 27.5 Å². The average molecular weight is 697 g/mol. The van der Waals surface area contributed by atoms with E-state index in [-0.39, 0.29) is 20.9 Å². The molecule has 1 saturated heterocycles. The third-order valence-electron chi connectivity index (χ3n) is 7.36. The molecule has 0 aromatic heterocycles. The van der Waals surface area contributed by atoms with Gasteiger partial charge in [0, 0.05) is 0 Å². The molecule has 1 heterocycles. The van der Waals surface area contributed by atoms with Crippen LogP contribution in [-0.2, 0) is 42.8 Å². The van der Waals surface area contributed by atoms with E-state index in [9.17, 15) is 31.5 Å². The molecule has 0 saturated carbocycles. The molecule has 0 unspecified atom stereocenters. The molecule has 0 aliphatic carbocycles. The van der Waals surface area contributed by atoms with Crippen LogP contribution in [0.25, 0.3) is 0 Å². The number of ether oxygens (including phenoxy) is 3. The van der Waals surface area contributed by atoms with E-state index in [1.807, 2.05) is 0 Å². The first-order valence-electron chi connectivity index (χ1n) is 14.7. The first-order valence-corrected chi connectivity index (χ1v) is 17.5. The van der Waals surface area contributed by atoms with Gasteiger partial charge in [-0.05, 0) is 62.4 Å². The summed E-state index contributed by atoms with van der Waals surface area (Å²) in [6, 6.07) is 26.7. The molecule has 12 nitrogen and oxygen atoms in total. The molecule has 1 fully saturated rings. The number of carbonyl (C=O) groups excluding carboxylic acids is 2. The summed E-state index contributed by atoms with van der Waals surface area (Å²) >= 11 is 0. The lowest BCUT2D eigenvalue weighted by Crippen LogP contribution is -2.62. The highest BCUT2D eigenvalue weighted by molar-refractivity contribution is 7.87. The van der Waals surface area contributed by atoms with Crippen LogP contribution >= 0.6 is 0 Å². The van der Waals surface area contributed by atoms with Gasteiger partial charge in [-0.15, -0.1) is 0 Å². The Morgan fingerprint density at radius 1 is 0.625 bits per heavy atom. The number of esters is 2. The van der Waals surface area contributed by atoms with E-state index in [4.69, 9.17) is 22.6 Å². The zero-order chi connectivity index (χ0) is 34.5. The Morgan fingerprint density at radius 2 is 1.06 bits per heavy atom. The monoisotopic (exact) mass is 696 g/mol. The number of rotatable bonds is 11. The smallest absolute Gasteiger partial charge is 0.338 e. The molecule has 0 bridgehead atoms. The first kappa shape index (κ1) is 34.9. The predicted molar refractivity (Wildman–Crippen MR) is 170 cm³/mol. The summed E-state index contributed by atoms with van der Waals surface area (Å²) in [5.41, 5.74) is 1.67. The van der Waals surface area contributed by atoms with Crippen molar-refractivity contribution in [3.05, 3.63) is 131 Å². The van der Waals surface area contributed by atoms with Crippen LogP contribution in [0.3, 0.4) is 0 Å². The van der Waals surface area contributed by atoms with E-state index < -0.39 is 69.5 Å². The van der Waals surface area contributed by atoms with Gasteiger partial charge in [-0.25, -0.2) is 9.59 Å². The van der Waals surface area contributed by atoms with Crippen molar-refractivity contribution in [2.75, 3.05) is 6.61 Å². The largest absolute Gasteiger partial charge is 0.452 e. The molecule has 14 heteroatoms. The fourth-order valence-corrected chi connectivity index (χ4v) is 6.77. The van der Waals surface area contributed by atoms with Crippen LogP contribution in [-0.4, -0.2) is 71.2 Å². The highest BCUT2D eigenvalue weighted by atomic mass is 32.2. The third kappa shape index (κ3) is 8.34. The van der Waals surface area contributed by atoms with E-state index in [1.165, 1.54) is 60.7 Å². The van der Waals surface area contributed by atoms with Crippen molar-refractivity contribution in [3.8, 4) is 0 Å². The summed E-state index contributed by atoms with van der Waals surface area (Å²) in [5.74, 6) is -1.93. The predicted octanol–water partition coefficient (Wildman–Crippen LogP) is 3.95. The van der Waals surface area contributed by atoms with E-state index in [0.29, 0.717) is 0 Å². The molecule has 48 heavy (non-hydrogen) atoms. The van der Waals surface area contributed by atoms with Crippen LogP contribution < -0.4 is 0 Å². The maximum Gasteiger partial charge on any atom is 0.338 e. The normalized spacial score (nSPS) is 21.3. The fraction of sp³-hybridized carbons (Fsp3) is 0.235. The van der Waals surface area contributed by atoms with Gasteiger partial charge in [-0.1, -0.05) is 71.8 Å². The second-order valence-corrected chi connectivity index (χ2v) is 14.1. The quantitative estimate of drug-likeness (QED) is 0.177. The molecule has 0 radical (unpaired) electrons. The maximum atomic E-state index is 13.4. The number of benzene rings is 4. The Kier molecular flexibility index (Phi) is 10.7. The summed E-state index contributed by atoms with van der Waals surface area (Å²) in [7, 11) is -9.04. The molecular weight excluding hydrogens is 664 g/mol. The number of aliphatic hydroxyl groups is 1. The summed E-state index contributed by atoms with van der Waals surface area (Å²) in [6.07, 6.45) is -9.34. The van der Waals surface area contributed by atoms with Crippen molar-refractivity contribution in [1.82, 2.24) is 0 Å². The van der Waals surface area contributed by atoms with E-state index in [1.54, 1.807) is 62.4 Å². The molecule has 5 rings (SSSR count). The van der Waals surface area contributed by atoms with Crippen LogP contribution in [0.2, 0.25) is 0 Å². The van der Waals surface area contributed by atoms with Crippen molar-refractivity contribution in [1.29, 1.82) is 0 Å². The second kappa shape index (κ2) is 14.8. The van der Waals surface area contributed by atoms with Crippen LogP contribution in [0.4, 0.5) is 0 Å². The number of aliphatic hydroxyl groups excluding tert-OH is 1. The van der Waals surface area contributed by atoms with Crippen molar-refractivity contribution >= 4 is 32.2 Å². The minimum absolute atomic E-state index is 0.0431. The lowest BCUT2D eigenvalue weighted by Gasteiger charge is -2.42. The SMILES string of the molecule is Cc1ccc(S(=O)(=O)OC[C@H]2O[C@@H](O)[C@@H](OS(=O)(=O)c3ccc(C)cc3)[C@@H](OC(=O)c3ccccc3)[C@@H]2OC(=O)c2ccccc2)cc1. The highest BCUT2D eigenvalue weighted by Crippen LogP contribution is 2.32. The van der Waals surface area contributed by atoms with Gasteiger partial charge in [0.1, 0.15) is 6.10 Å². The molecule has 0 amide bonds. The van der Waals surface area contributed by atoms with Gasteiger partial charge in [-0.3, -0.25) is 8.37 Å². The zero-order valence-electron chi connectivity index (χ0n) is 25.7. The minimum Gasteiger partial charge on any atom is -0.452 e. The van der Waals surface area contributed by atoms with Crippen molar-refractivity contribution in [2.45, 2.75) is 54.3 Å². The van der Waals surface area contributed by atoms with Crippen molar-refractivity contribution in [3.63, 3.8) is 0 Å². The number of aryl methyl sites for hydroxylation is 2. The molecule has 1 aliphatic heterocycles.